The molecule has 0 spiro atoms. The second-order valence-electron chi connectivity index (χ2n) is 6.44. The van der Waals surface area contributed by atoms with Crippen LogP contribution in [0.1, 0.15) is 16.8 Å². The van der Waals surface area contributed by atoms with Crippen molar-refractivity contribution >= 4 is 16.7 Å². The molecular formula is C19H23NO6. The van der Waals surface area contributed by atoms with Gasteiger partial charge in [-0.25, -0.2) is 0 Å². The lowest BCUT2D eigenvalue weighted by Crippen LogP contribution is -2.58. The Hall–Kier alpha value is -2.03. The van der Waals surface area contributed by atoms with E-state index >= 15 is 0 Å². The Morgan fingerprint density at radius 1 is 0.962 bits per heavy atom. The highest BCUT2D eigenvalue weighted by Crippen LogP contribution is 2.23. The summed E-state index contributed by atoms with van der Waals surface area (Å²) < 4.78 is 5.43. The lowest BCUT2D eigenvalue weighted by Gasteiger charge is -2.40. The number of aliphatic hydroxyl groups excluding tert-OH is 4. The van der Waals surface area contributed by atoms with Crippen molar-refractivity contribution in [3.8, 4) is 0 Å². The van der Waals surface area contributed by atoms with Crippen LogP contribution in [0.25, 0.3) is 10.8 Å². The number of hydrogen-bond acceptors (Lipinski definition) is 6. The molecule has 140 valence electrons. The average molecular weight is 361 g/mol. The molecule has 0 bridgehead atoms. The zero-order valence-electron chi connectivity index (χ0n) is 14.2. The van der Waals surface area contributed by atoms with E-state index in [1.54, 1.807) is 6.07 Å². The highest BCUT2D eigenvalue weighted by atomic mass is 16.5. The number of nitrogens with one attached hydrogen (secondary N) is 1. The number of aliphatic hydroxyl groups is 4. The molecule has 0 aliphatic carbocycles. The SMILES string of the molecule is O=C(NCC[C@@H]1O[C@H](CO)[C@@H](O)[C@H](O)[C@H]1O)c1cccc2ccccc12. The van der Waals surface area contributed by atoms with Gasteiger partial charge in [0.25, 0.3) is 5.91 Å². The summed E-state index contributed by atoms with van der Waals surface area (Å²) in [5, 5.41) is 43.4. The highest BCUT2D eigenvalue weighted by molar-refractivity contribution is 6.06. The molecule has 26 heavy (non-hydrogen) atoms. The van der Waals surface area contributed by atoms with Gasteiger partial charge in [0.2, 0.25) is 0 Å². The molecule has 0 unspecified atom stereocenters. The van der Waals surface area contributed by atoms with Gasteiger partial charge in [-0.3, -0.25) is 4.79 Å². The topological polar surface area (TPSA) is 119 Å². The summed E-state index contributed by atoms with van der Waals surface area (Å²) in [6.07, 6.45) is -5.57. The molecule has 3 rings (SSSR count). The summed E-state index contributed by atoms with van der Waals surface area (Å²) >= 11 is 0. The number of amides is 1. The minimum absolute atomic E-state index is 0.213. The number of fused-ring (bicyclic) bond motifs is 1. The van der Waals surface area contributed by atoms with Crippen molar-refractivity contribution in [1.82, 2.24) is 5.32 Å². The molecule has 1 fully saturated rings. The first-order chi connectivity index (χ1) is 12.5. The number of ether oxygens (including phenoxy) is 1. The third-order valence-electron chi connectivity index (χ3n) is 4.74. The van der Waals surface area contributed by atoms with Crippen LogP contribution in [0.15, 0.2) is 42.5 Å². The molecule has 0 aromatic heterocycles. The number of benzene rings is 2. The molecule has 1 amide bonds. The fourth-order valence-electron chi connectivity index (χ4n) is 3.26. The molecule has 1 heterocycles. The van der Waals surface area contributed by atoms with E-state index in [-0.39, 0.29) is 18.9 Å². The Morgan fingerprint density at radius 2 is 1.65 bits per heavy atom. The largest absolute Gasteiger partial charge is 0.394 e. The van der Waals surface area contributed by atoms with Gasteiger partial charge in [-0.1, -0.05) is 36.4 Å². The van der Waals surface area contributed by atoms with Crippen LogP contribution in [0.4, 0.5) is 0 Å². The van der Waals surface area contributed by atoms with E-state index in [0.29, 0.717) is 5.56 Å². The normalized spacial score (nSPS) is 28.8. The van der Waals surface area contributed by atoms with E-state index in [2.05, 4.69) is 5.32 Å². The van der Waals surface area contributed by atoms with Gasteiger partial charge in [-0.15, -0.1) is 0 Å². The minimum atomic E-state index is -1.40. The third-order valence-corrected chi connectivity index (χ3v) is 4.74. The first-order valence-electron chi connectivity index (χ1n) is 8.59. The average Bonchev–Trinajstić information content (AvgIpc) is 2.67. The summed E-state index contributed by atoms with van der Waals surface area (Å²) in [6, 6.07) is 13.1. The Labute approximate surface area is 150 Å². The number of carbonyl (C=O) groups is 1. The van der Waals surface area contributed by atoms with Gasteiger partial charge in [0.1, 0.15) is 24.4 Å². The predicted octanol–water partition coefficient (Wildman–Crippen LogP) is -0.198. The van der Waals surface area contributed by atoms with E-state index in [9.17, 15) is 25.2 Å². The van der Waals surface area contributed by atoms with E-state index in [1.807, 2.05) is 36.4 Å². The predicted molar refractivity (Wildman–Crippen MR) is 94.7 cm³/mol. The van der Waals surface area contributed by atoms with Crippen LogP contribution in [0.3, 0.4) is 0 Å². The van der Waals surface area contributed by atoms with Gasteiger partial charge in [0.05, 0.1) is 12.7 Å². The van der Waals surface area contributed by atoms with Gasteiger partial charge < -0.3 is 30.5 Å². The van der Waals surface area contributed by atoms with Crippen molar-refractivity contribution in [2.24, 2.45) is 0 Å². The summed E-state index contributed by atoms with van der Waals surface area (Å²) in [4.78, 5) is 12.5. The Balaban J connectivity index is 1.61. The Kier molecular flexibility index (Phi) is 5.85. The fraction of sp³-hybridized carbons (Fsp3) is 0.421. The molecule has 2 aromatic carbocycles. The smallest absolute Gasteiger partial charge is 0.251 e. The minimum Gasteiger partial charge on any atom is -0.394 e. The van der Waals surface area contributed by atoms with Crippen molar-refractivity contribution in [2.45, 2.75) is 36.9 Å². The van der Waals surface area contributed by atoms with Crippen LogP contribution < -0.4 is 5.32 Å². The molecule has 0 saturated carbocycles. The summed E-state index contributed by atoms with van der Waals surface area (Å²) in [7, 11) is 0. The van der Waals surface area contributed by atoms with Gasteiger partial charge >= 0.3 is 0 Å². The van der Waals surface area contributed by atoms with E-state index in [0.717, 1.165) is 10.8 Å². The molecule has 5 N–H and O–H groups in total. The van der Waals surface area contributed by atoms with Crippen LogP contribution in [0.5, 0.6) is 0 Å². The summed E-state index contributed by atoms with van der Waals surface area (Å²) in [6.45, 7) is -0.255. The van der Waals surface area contributed by atoms with Crippen LogP contribution in [0.2, 0.25) is 0 Å². The van der Waals surface area contributed by atoms with Gasteiger partial charge in [-0.2, -0.15) is 0 Å². The zero-order chi connectivity index (χ0) is 18.7. The quantitative estimate of drug-likeness (QED) is 0.503. The standard InChI is InChI=1S/C19H23NO6/c21-10-15-17(23)18(24)16(22)14(26-15)8-9-20-19(25)13-7-3-5-11-4-1-2-6-12(11)13/h1-7,14-18,21-24H,8-10H2,(H,20,25)/t14-,15+,16-,17+,18+/m0/s1. The maximum atomic E-state index is 12.5. The van der Waals surface area contributed by atoms with Crippen molar-refractivity contribution in [2.75, 3.05) is 13.2 Å². The third kappa shape index (κ3) is 3.72. The first-order valence-corrected chi connectivity index (χ1v) is 8.59. The van der Waals surface area contributed by atoms with Crippen molar-refractivity contribution in [3.05, 3.63) is 48.0 Å². The van der Waals surface area contributed by atoms with Crippen LogP contribution in [-0.4, -0.2) is 70.0 Å². The van der Waals surface area contributed by atoms with Crippen LogP contribution >= 0.6 is 0 Å². The van der Waals surface area contributed by atoms with E-state index in [1.165, 1.54) is 0 Å². The maximum Gasteiger partial charge on any atom is 0.251 e. The summed E-state index contributed by atoms with van der Waals surface area (Å²) in [5.41, 5.74) is 0.553. The second-order valence-corrected chi connectivity index (χ2v) is 6.44. The lowest BCUT2D eigenvalue weighted by molar-refractivity contribution is -0.229. The number of carbonyl (C=O) groups excluding carboxylic acids is 1. The molecule has 7 nitrogen and oxygen atoms in total. The molecule has 1 saturated heterocycles. The monoisotopic (exact) mass is 361 g/mol. The fourth-order valence-corrected chi connectivity index (χ4v) is 3.26. The Bertz CT molecular complexity index is 759. The van der Waals surface area contributed by atoms with Crippen molar-refractivity contribution in [1.29, 1.82) is 0 Å². The molecule has 0 radical (unpaired) electrons. The van der Waals surface area contributed by atoms with E-state index < -0.39 is 37.1 Å². The van der Waals surface area contributed by atoms with Crippen LogP contribution in [0, 0.1) is 0 Å². The molecular weight excluding hydrogens is 338 g/mol. The number of hydrogen-bond donors (Lipinski definition) is 5. The number of rotatable bonds is 5. The second kappa shape index (κ2) is 8.11. The van der Waals surface area contributed by atoms with Gasteiger partial charge in [0, 0.05) is 12.1 Å². The first kappa shape index (κ1) is 18.8. The molecule has 7 heteroatoms. The van der Waals surface area contributed by atoms with Crippen LogP contribution in [-0.2, 0) is 4.74 Å². The maximum absolute atomic E-state index is 12.5. The molecule has 1 aliphatic rings. The molecule has 5 atom stereocenters. The molecule has 2 aromatic rings. The highest BCUT2D eigenvalue weighted by Gasteiger charge is 2.42. The summed E-state index contributed by atoms with van der Waals surface area (Å²) in [5.74, 6) is -0.244. The van der Waals surface area contributed by atoms with Gasteiger partial charge in [-0.05, 0) is 23.3 Å². The lowest BCUT2D eigenvalue weighted by atomic mass is 9.93. The van der Waals surface area contributed by atoms with Crippen molar-refractivity contribution in [3.63, 3.8) is 0 Å². The van der Waals surface area contributed by atoms with Crippen molar-refractivity contribution < 1.29 is 30.0 Å². The van der Waals surface area contributed by atoms with E-state index in [4.69, 9.17) is 4.74 Å². The Morgan fingerprint density at radius 3 is 2.42 bits per heavy atom. The molecule has 1 aliphatic heterocycles. The zero-order valence-corrected chi connectivity index (χ0v) is 14.2. The van der Waals surface area contributed by atoms with Gasteiger partial charge in [0.15, 0.2) is 0 Å².